The van der Waals surface area contributed by atoms with E-state index in [1.807, 2.05) is 36.0 Å². The van der Waals surface area contributed by atoms with Crippen LogP contribution >= 0.6 is 11.8 Å². The number of esters is 1. The lowest BCUT2D eigenvalue weighted by Crippen LogP contribution is -2.06. The van der Waals surface area contributed by atoms with Crippen molar-refractivity contribution in [1.82, 2.24) is 15.4 Å². The van der Waals surface area contributed by atoms with Gasteiger partial charge in [0.15, 0.2) is 5.69 Å². The summed E-state index contributed by atoms with van der Waals surface area (Å²) in [7, 11) is 0. The Morgan fingerprint density at radius 1 is 1.29 bits per heavy atom. The van der Waals surface area contributed by atoms with Crippen molar-refractivity contribution < 1.29 is 9.53 Å². The molecule has 5 nitrogen and oxygen atoms in total. The number of carbonyl (C=O) groups is 1. The summed E-state index contributed by atoms with van der Waals surface area (Å²) in [5.74, 6) is 1.28. The van der Waals surface area contributed by atoms with Gasteiger partial charge in [0.25, 0.3) is 0 Å². The molecule has 1 aromatic heterocycles. The van der Waals surface area contributed by atoms with Crippen LogP contribution in [0.25, 0.3) is 11.3 Å². The first-order chi connectivity index (χ1) is 10.1. The molecule has 1 aromatic carbocycles. The predicted octanol–water partition coefficient (Wildman–Crippen LogP) is 3.40. The smallest absolute Gasteiger partial charge is 0.361 e. The van der Waals surface area contributed by atoms with Crippen molar-refractivity contribution in [2.24, 2.45) is 5.92 Å². The molecule has 112 valence electrons. The lowest BCUT2D eigenvalue weighted by Gasteiger charge is -2.05. The van der Waals surface area contributed by atoms with Crippen molar-refractivity contribution in [2.75, 3.05) is 12.4 Å². The highest BCUT2D eigenvalue weighted by Gasteiger charge is 2.18. The van der Waals surface area contributed by atoms with E-state index in [4.69, 9.17) is 4.74 Å². The first-order valence-corrected chi connectivity index (χ1v) is 7.91. The number of rotatable bonds is 6. The van der Waals surface area contributed by atoms with E-state index >= 15 is 0 Å². The van der Waals surface area contributed by atoms with E-state index < -0.39 is 5.97 Å². The molecule has 0 saturated carbocycles. The van der Waals surface area contributed by atoms with Crippen LogP contribution in [0.1, 0.15) is 31.3 Å². The molecule has 0 fully saturated rings. The van der Waals surface area contributed by atoms with Crippen molar-refractivity contribution in [3.05, 3.63) is 30.0 Å². The molecule has 1 heterocycles. The fraction of sp³-hybridized carbons (Fsp3) is 0.400. The number of carbonyl (C=O) groups excluding carboxylic acids is 1. The summed E-state index contributed by atoms with van der Waals surface area (Å²) in [5.41, 5.74) is 1.59. The van der Waals surface area contributed by atoms with Gasteiger partial charge in [-0.05, 0) is 25.0 Å². The molecule has 0 aliphatic heterocycles. The highest BCUT2D eigenvalue weighted by atomic mass is 32.2. The summed E-state index contributed by atoms with van der Waals surface area (Å²) in [5, 5.41) is 10.4. The molecule has 0 unspecified atom stereocenters. The van der Waals surface area contributed by atoms with Gasteiger partial charge in [0.2, 0.25) is 0 Å². The molecule has 1 N–H and O–H groups in total. The predicted molar refractivity (Wildman–Crippen MR) is 83.3 cm³/mol. The Bertz CT molecular complexity index is 593. The zero-order valence-corrected chi connectivity index (χ0v) is 13.2. The van der Waals surface area contributed by atoms with Crippen LogP contribution in [0.4, 0.5) is 0 Å². The van der Waals surface area contributed by atoms with Crippen molar-refractivity contribution in [1.29, 1.82) is 0 Å². The van der Waals surface area contributed by atoms with Crippen molar-refractivity contribution in [3.63, 3.8) is 0 Å². The molecule has 2 rings (SSSR count). The van der Waals surface area contributed by atoms with E-state index in [0.717, 1.165) is 11.3 Å². The highest BCUT2D eigenvalue weighted by Crippen LogP contribution is 2.25. The summed E-state index contributed by atoms with van der Waals surface area (Å²) in [4.78, 5) is 13.0. The molecule has 0 atom stereocenters. The van der Waals surface area contributed by atoms with Crippen molar-refractivity contribution in [2.45, 2.75) is 25.7 Å². The van der Waals surface area contributed by atoms with Gasteiger partial charge in [0.1, 0.15) is 5.69 Å². The zero-order chi connectivity index (χ0) is 15.2. The van der Waals surface area contributed by atoms with Crippen LogP contribution in [0.5, 0.6) is 0 Å². The van der Waals surface area contributed by atoms with Crippen molar-refractivity contribution >= 4 is 17.7 Å². The van der Waals surface area contributed by atoms with Gasteiger partial charge in [-0.2, -0.15) is 10.3 Å². The highest BCUT2D eigenvalue weighted by molar-refractivity contribution is 7.99. The molecule has 6 heteroatoms. The van der Waals surface area contributed by atoms with Crippen LogP contribution in [-0.2, 0) is 4.74 Å². The molecular weight excluding hydrogens is 286 g/mol. The molecule has 0 radical (unpaired) electrons. The summed E-state index contributed by atoms with van der Waals surface area (Å²) < 4.78 is 4.97. The van der Waals surface area contributed by atoms with Gasteiger partial charge in [0, 0.05) is 16.2 Å². The number of ether oxygens (including phenoxy) is 1. The lowest BCUT2D eigenvalue weighted by molar-refractivity contribution is 0.0520. The van der Waals surface area contributed by atoms with E-state index in [2.05, 4.69) is 29.3 Å². The average molecular weight is 305 g/mol. The van der Waals surface area contributed by atoms with Gasteiger partial charge in [-0.15, -0.1) is 16.9 Å². The molecule has 0 bridgehead atoms. The monoisotopic (exact) mass is 305 g/mol. The summed E-state index contributed by atoms with van der Waals surface area (Å²) in [6, 6.07) is 7.96. The summed E-state index contributed by atoms with van der Waals surface area (Å²) in [6.45, 7) is 6.47. The maximum absolute atomic E-state index is 11.8. The number of H-pyrrole nitrogens is 1. The third kappa shape index (κ3) is 4.07. The third-order valence-electron chi connectivity index (χ3n) is 2.73. The maximum atomic E-state index is 11.8. The fourth-order valence-electron chi connectivity index (χ4n) is 1.75. The Hall–Kier alpha value is -1.82. The number of benzene rings is 1. The average Bonchev–Trinajstić information content (AvgIpc) is 2.95. The number of hydrogen-bond donors (Lipinski definition) is 1. The number of thioether (sulfide) groups is 1. The summed E-state index contributed by atoms with van der Waals surface area (Å²) >= 11 is 1.82. The van der Waals surface area contributed by atoms with Crippen LogP contribution in [0.15, 0.2) is 29.2 Å². The minimum Gasteiger partial charge on any atom is -0.461 e. The quantitative estimate of drug-likeness (QED) is 0.654. The molecule has 0 saturated heterocycles. The van der Waals surface area contributed by atoms with Crippen LogP contribution < -0.4 is 0 Å². The Labute approximate surface area is 128 Å². The second-order valence-electron chi connectivity index (χ2n) is 4.97. The standard InChI is InChI=1S/C15H19N3O2S/c1-4-20-15(19)14-13(16-18-17-14)11-5-7-12(8-6-11)21-9-10(2)3/h5-8,10H,4,9H2,1-3H3,(H,16,17,18). The lowest BCUT2D eigenvalue weighted by atomic mass is 10.1. The Balaban J connectivity index is 2.16. The van der Waals surface area contributed by atoms with Gasteiger partial charge >= 0.3 is 5.97 Å². The molecule has 0 aliphatic carbocycles. The molecule has 0 aliphatic rings. The number of aromatic amines is 1. The molecule has 21 heavy (non-hydrogen) atoms. The zero-order valence-electron chi connectivity index (χ0n) is 12.4. The van der Waals surface area contributed by atoms with Crippen LogP contribution in [0.2, 0.25) is 0 Å². The molecule has 2 aromatic rings. The van der Waals surface area contributed by atoms with E-state index in [-0.39, 0.29) is 5.69 Å². The van der Waals surface area contributed by atoms with E-state index in [1.165, 1.54) is 4.90 Å². The van der Waals surface area contributed by atoms with Crippen LogP contribution in [-0.4, -0.2) is 33.7 Å². The number of nitrogens with zero attached hydrogens (tertiary/aromatic N) is 2. The second kappa shape index (κ2) is 7.26. The first kappa shape index (κ1) is 15.6. The number of nitrogens with one attached hydrogen (secondary N) is 1. The first-order valence-electron chi connectivity index (χ1n) is 6.93. The largest absolute Gasteiger partial charge is 0.461 e. The second-order valence-corrected chi connectivity index (χ2v) is 6.06. The minimum absolute atomic E-state index is 0.222. The Morgan fingerprint density at radius 3 is 2.62 bits per heavy atom. The summed E-state index contributed by atoms with van der Waals surface area (Å²) in [6.07, 6.45) is 0. The number of hydrogen-bond acceptors (Lipinski definition) is 5. The van der Waals surface area contributed by atoms with Gasteiger partial charge in [-0.25, -0.2) is 4.79 Å². The third-order valence-corrected chi connectivity index (χ3v) is 4.17. The van der Waals surface area contributed by atoms with Crippen molar-refractivity contribution in [3.8, 4) is 11.3 Å². The molecule has 0 amide bonds. The van der Waals surface area contributed by atoms with Gasteiger partial charge in [0.05, 0.1) is 6.61 Å². The molecular formula is C15H19N3O2S. The molecule has 0 spiro atoms. The van der Waals surface area contributed by atoms with Gasteiger partial charge in [-0.3, -0.25) is 0 Å². The normalized spacial score (nSPS) is 10.9. The van der Waals surface area contributed by atoms with Gasteiger partial charge < -0.3 is 4.74 Å². The Morgan fingerprint density at radius 2 is 2.00 bits per heavy atom. The van der Waals surface area contributed by atoms with E-state index in [0.29, 0.717) is 18.2 Å². The topological polar surface area (TPSA) is 67.9 Å². The van der Waals surface area contributed by atoms with E-state index in [9.17, 15) is 4.79 Å². The SMILES string of the molecule is CCOC(=O)c1n[nH]nc1-c1ccc(SCC(C)C)cc1. The van der Waals surface area contributed by atoms with Gasteiger partial charge in [-0.1, -0.05) is 26.0 Å². The number of aromatic nitrogens is 3. The maximum Gasteiger partial charge on any atom is 0.361 e. The van der Waals surface area contributed by atoms with E-state index in [1.54, 1.807) is 6.92 Å². The minimum atomic E-state index is -0.459. The Kier molecular flexibility index (Phi) is 5.38. The van der Waals surface area contributed by atoms with Crippen LogP contribution in [0.3, 0.4) is 0 Å². The van der Waals surface area contributed by atoms with Crippen LogP contribution in [0, 0.1) is 5.92 Å². The fourth-order valence-corrected chi connectivity index (χ4v) is 2.60.